The molecule has 3 nitrogen and oxygen atoms in total. The summed E-state index contributed by atoms with van der Waals surface area (Å²) in [5.41, 5.74) is 8.43. The van der Waals surface area contributed by atoms with E-state index in [9.17, 15) is 0 Å². The number of hydrogen-bond donors (Lipinski definition) is 2. The molecule has 0 bridgehead atoms. The molecular weight excluding hydrogens is 301 g/mol. The number of aryl methyl sites for hydroxylation is 1. The van der Waals surface area contributed by atoms with Gasteiger partial charge in [0.15, 0.2) is 0 Å². The van der Waals surface area contributed by atoms with Crippen molar-refractivity contribution in [2.75, 3.05) is 5.32 Å². The maximum atomic E-state index is 6.22. The molecule has 0 aliphatic heterocycles. The van der Waals surface area contributed by atoms with Crippen LogP contribution < -0.4 is 11.1 Å². The Balaban J connectivity index is 2.31. The lowest BCUT2D eigenvalue weighted by Crippen LogP contribution is -2.11. The Bertz CT molecular complexity index is 627. The molecule has 3 N–H and O–H groups in total. The normalized spacial score (nSPS) is 10.3. The molecule has 0 spiro atoms. The van der Waals surface area contributed by atoms with Crippen LogP contribution >= 0.6 is 35.4 Å². The van der Waals surface area contributed by atoms with Crippen LogP contribution in [0.15, 0.2) is 30.5 Å². The fraction of sp³-hybridized carbons (Fsp3) is 0.0769. The van der Waals surface area contributed by atoms with Crippen LogP contribution in [0.5, 0.6) is 0 Å². The predicted molar refractivity (Wildman–Crippen MR) is 84.6 cm³/mol. The van der Waals surface area contributed by atoms with E-state index in [2.05, 4.69) is 10.3 Å². The van der Waals surface area contributed by atoms with Gasteiger partial charge in [0.05, 0.1) is 33.3 Å². The van der Waals surface area contributed by atoms with Gasteiger partial charge in [0, 0.05) is 0 Å². The second kappa shape index (κ2) is 5.74. The van der Waals surface area contributed by atoms with Crippen molar-refractivity contribution >= 4 is 51.8 Å². The first-order valence-electron chi connectivity index (χ1n) is 5.46. The van der Waals surface area contributed by atoms with E-state index in [1.807, 2.05) is 19.1 Å². The maximum Gasteiger partial charge on any atom is 0.122 e. The highest BCUT2D eigenvalue weighted by molar-refractivity contribution is 7.80. The SMILES string of the molecule is Cc1ccc(Cl)c(Nc2ccc(C(N)=S)nc2)c1Cl. The molecule has 1 aromatic carbocycles. The van der Waals surface area contributed by atoms with Crippen molar-refractivity contribution < 1.29 is 0 Å². The third kappa shape index (κ3) is 3.15. The van der Waals surface area contributed by atoms with Crippen LogP contribution in [0.2, 0.25) is 10.0 Å². The Morgan fingerprint density at radius 3 is 2.58 bits per heavy atom. The largest absolute Gasteiger partial charge is 0.388 e. The van der Waals surface area contributed by atoms with Crippen molar-refractivity contribution in [1.82, 2.24) is 4.98 Å². The standard InChI is InChI=1S/C13H11Cl2N3S/c1-7-2-4-9(14)12(11(7)15)18-8-3-5-10(13(16)19)17-6-8/h2-6,18H,1H3,(H2,16,19). The lowest BCUT2D eigenvalue weighted by molar-refractivity contribution is 1.29. The predicted octanol–water partition coefficient (Wildman–Crippen LogP) is 4.07. The molecule has 0 aliphatic carbocycles. The third-order valence-corrected chi connectivity index (χ3v) is 3.58. The van der Waals surface area contributed by atoms with E-state index in [-0.39, 0.29) is 4.99 Å². The van der Waals surface area contributed by atoms with Crippen molar-refractivity contribution in [2.24, 2.45) is 5.73 Å². The number of hydrogen-bond acceptors (Lipinski definition) is 3. The van der Waals surface area contributed by atoms with Gasteiger partial charge in [0.25, 0.3) is 0 Å². The highest BCUT2D eigenvalue weighted by Crippen LogP contribution is 2.34. The zero-order chi connectivity index (χ0) is 14.0. The average Bonchev–Trinajstić information content (AvgIpc) is 2.40. The first-order chi connectivity index (χ1) is 8.99. The van der Waals surface area contributed by atoms with Crippen molar-refractivity contribution in [2.45, 2.75) is 6.92 Å². The van der Waals surface area contributed by atoms with E-state index >= 15 is 0 Å². The van der Waals surface area contributed by atoms with Gasteiger partial charge in [-0.05, 0) is 30.7 Å². The molecule has 0 aliphatic rings. The number of pyridine rings is 1. The quantitative estimate of drug-likeness (QED) is 0.839. The summed E-state index contributed by atoms with van der Waals surface area (Å²) >= 11 is 17.2. The summed E-state index contributed by atoms with van der Waals surface area (Å²) in [7, 11) is 0. The first kappa shape index (κ1) is 14.1. The number of halogens is 2. The Hall–Kier alpha value is -1.36. The van der Waals surface area contributed by atoms with Crippen LogP contribution in [0.3, 0.4) is 0 Å². The Labute approximate surface area is 126 Å². The molecule has 0 saturated heterocycles. The number of nitrogens with two attached hydrogens (primary N) is 1. The highest BCUT2D eigenvalue weighted by atomic mass is 35.5. The molecule has 0 amide bonds. The second-order valence-electron chi connectivity index (χ2n) is 3.97. The van der Waals surface area contributed by atoms with E-state index < -0.39 is 0 Å². The summed E-state index contributed by atoms with van der Waals surface area (Å²) in [6, 6.07) is 7.21. The van der Waals surface area contributed by atoms with Crippen molar-refractivity contribution in [3.8, 4) is 0 Å². The van der Waals surface area contributed by atoms with Crippen LogP contribution in [0, 0.1) is 6.92 Å². The summed E-state index contributed by atoms with van der Waals surface area (Å²) in [6.07, 6.45) is 1.63. The zero-order valence-electron chi connectivity index (χ0n) is 10.1. The molecule has 0 saturated carbocycles. The average molecular weight is 312 g/mol. The van der Waals surface area contributed by atoms with E-state index in [0.29, 0.717) is 21.4 Å². The Morgan fingerprint density at radius 1 is 1.26 bits per heavy atom. The van der Waals surface area contributed by atoms with Gasteiger partial charge in [0.2, 0.25) is 0 Å². The molecule has 1 heterocycles. The minimum atomic E-state index is 0.262. The maximum absolute atomic E-state index is 6.22. The summed E-state index contributed by atoms with van der Waals surface area (Å²) in [5, 5.41) is 4.28. The summed E-state index contributed by atoms with van der Waals surface area (Å²) in [4.78, 5) is 4.40. The lowest BCUT2D eigenvalue weighted by atomic mass is 10.2. The van der Waals surface area contributed by atoms with Crippen LogP contribution in [0.4, 0.5) is 11.4 Å². The summed E-state index contributed by atoms with van der Waals surface area (Å²) < 4.78 is 0. The summed E-state index contributed by atoms with van der Waals surface area (Å²) in [6.45, 7) is 1.91. The second-order valence-corrected chi connectivity index (χ2v) is 5.20. The Morgan fingerprint density at radius 2 is 2.00 bits per heavy atom. The van der Waals surface area contributed by atoms with Gasteiger partial charge >= 0.3 is 0 Å². The van der Waals surface area contributed by atoms with E-state index in [4.69, 9.17) is 41.2 Å². The number of benzene rings is 1. The molecule has 6 heteroatoms. The fourth-order valence-corrected chi connectivity index (χ4v) is 2.12. The van der Waals surface area contributed by atoms with E-state index in [1.165, 1.54) is 0 Å². The van der Waals surface area contributed by atoms with Crippen LogP contribution in [-0.2, 0) is 0 Å². The van der Waals surface area contributed by atoms with E-state index in [1.54, 1.807) is 18.3 Å². The smallest absolute Gasteiger partial charge is 0.122 e. The van der Waals surface area contributed by atoms with Crippen molar-refractivity contribution in [3.05, 3.63) is 51.8 Å². The fourth-order valence-electron chi connectivity index (χ4n) is 1.53. The number of anilines is 2. The zero-order valence-corrected chi connectivity index (χ0v) is 12.4. The highest BCUT2D eigenvalue weighted by Gasteiger charge is 2.09. The minimum Gasteiger partial charge on any atom is -0.388 e. The molecule has 0 fully saturated rings. The molecule has 2 aromatic rings. The molecule has 19 heavy (non-hydrogen) atoms. The number of rotatable bonds is 3. The van der Waals surface area contributed by atoms with Crippen molar-refractivity contribution in [3.63, 3.8) is 0 Å². The number of thiocarbonyl (C=S) groups is 1. The van der Waals surface area contributed by atoms with Gasteiger partial charge in [-0.3, -0.25) is 4.98 Å². The van der Waals surface area contributed by atoms with Gasteiger partial charge in [0.1, 0.15) is 4.99 Å². The summed E-state index contributed by atoms with van der Waals surface area (Å²) in [5.74, 6) is 0. The Kier molecular flexibility index (Phi) is 4.24. The van der Waals surface area contributed by atoms with Gasteiger partial charge < -0.3 is 11.1 Å². The van der Waals surface area contributed by atoms with Gasteiger partial charge in [-0.1, -0.05) is 41.5 Å². The van der Waals surface area contributed by atoms with Crippen molar-refractivity contribution in [1.29, 1.82) is 0 Å². The monoisotopic (exact) mass is 311 g/mol. The van der Waals surface area contributed by atoms with Crippen LogP contribution in [-0.4, -0.2) is 9.97 Å². The van der Waals surface area contributed by atoms with Gasteiger partial charge in [-0.15, -0.1) is 0 Å². The molecule has 2 rings (SSSR count). The molecule has 98 valence electrons. The molecule has 1 aromatic heterocycles. The topological polar surface area (TPSA) is 50.9 Å². The van der Waals surface area contributed by atoms with Crippen LogP contribution in [0.1, 0.15) is 11.3 Å². The third-order valence-electron chi connectivity index (χ3n) is 2.57. The molecule has 0 radical (unpaired) electrons. The molecule has 0 unspecified atom stereocenters. The lowest BCUT2D eigenvalue weighted by Gasteiger charge is -2.12. The van der Waals surface area contributed by atoms with Gasteiger partial charge in [-0.2, -0.15) is 0 Å². The molecule has 0 atom stereocenters. The van der Waals surface area contributed by atoms with E-state index in [0.717, 1.165) is 11.3 Å². The van der Waals surface area contributed by atoms with Crippen LogP contribution in [0.25, 0.3) is 0 Å². The number of aromatic nitrogens is 1. The first-order valence-corrected chi connectivity index (χ1v) is 6.63. The number of nitrogens with one attached hydrogen (secondary N) is 1. The molecular formula is C13H11Cl2N3S. The van der Waals surface area contributed by atoms with Gasteiger partial charge in [-0.25, -0.2) is 0 Å². The number of nitrogens with zero attached hydrogens (tertiary/aromatic N) is 1. The minimum absolute atomic E-state index is 0.262.